The van der Waals surface area contributed by atoms with E-state index in [1.54, 1.807) is 56.3 Å². The van der Waals surface area contributed by atoms with Crippen molar-refractivity contribution in [3.63, 3.8) is 0 Å². The maximum absolute atomic E-state index is 13.2. The molecule has 0 atom stereocenters. The van der Waals surface area contributed by atoms with E-state index in [4.69, 9.17) is 37.7 Å². The second kappa shape index (κ2) is 14.6. The van der Waals surface area contributed by atoms with Crippen molar-refractivity contribution in [1.82, 2.24) is 0 Å². The van der Waals surface area contributed by atoms with Gasteiger partial charge in [-0.25, -0.2) is 4.79 Å². The number of amidine groups is 1. The molecule has 9 N–H and O–H groups in total. The van der Waals surface area contributed by atoms with Crippen LogP contribution in [0.1, 0.15) is 35.3 Å². The van der Waals surface area contributed by atoms with Crippen LogP contribution in [0.2, 0.25) is 5.02 Å². The Morgan fingerprint density at radius 2 is 1.74 bits per heavy atom. The van der Waals surface area contributed by atoms with E-state index in [9.17, 15) is 19.5 Å². The molecule has 0 bridgehead atoms. The Morgan fingerprint density at radius 1 is 1.02 bits per heavy atom. The van der Waals surface area contributed by atoms with Crippen LogP contribution < -0.4 is 36.9 Å². The topological polar surface area (TPSA) is 211 Å². The Bertz CT molecular complexity index is 1480. The Labute approximate surface area is 246 Å². The van der Waals surface area contributed by atoms with Gasteiger partial charge >= 0.3 is 5.97 Å². The monoisotopic (exact) mass is 598 g/mol. The van der Waals surface area contributed by atoms with Crippen molar-refractivity contribution in [1.29, 1.82) is 0 Å². The molecule has 0 unspecified atom stereocenters. The normalized spacial score (nSPS) is 11.1. The highest BCUT2D eigenvalue weighted by atomic mass is 35.5. The van der Waals surface area contributed by atoms with Gasteiger partial charge in [0.05, 0.1) is 18.2 Å². The minimum atomic E-state index is -1.19. The maximum Gasteiger partial charge on any atom is 0.341 e. The number of benzene rings is 3. The smallest absolute Gasteiger partial charge is 0.341 e. The summed E-state index contributed by atoms with van der Waals surface area (Å²) in [7, 11) is 0. The number of oxime groups is 1. The molecule has 3 aromatic rings. The first-order valence-corrected chi connectivity index (χ1v) is 13.0. The third-order valence-electron chi connectivity index (χ3n) is 5.55. The number of hydrogen-bond acceptors (Lipinski definition) is 9. The van der Waals surface area contributed by atoms with Gasteiger partial charge in [0.25, 0.3) is 5.91 Å². The summed E-state index contributed by atoms with van der Waals surface area (Å²) < 4.78 is 11.4. The number of nitrogens with one attached hydrogen (secondary N) is 3. The van der Waals surface area contributed by atoms with Crippen LogP contribution in [0.5, 0.6) is 11.5 Å². The Morgan fingerprint density at radius 3 is 2.36 bits per heavy atom. The molecule has 0 saturated heterocycles. The Hall–Kier alpha value is -5.01. The van der Waals surface area contributed by atoms with Crippen LogP contribution in [-0.2, 0) is 16.1 Å². The molecule has 3 aromatic carbocycles. The molecule has 0 heterocycles. The summed E-state index contributed by atoms with van der Waals surface area (Å²) in [6.07, 6.45) is -0.300. The van der Waals surface area contributed by atoms with Crippen molar-refractivity contribution in [3.8, 4) is 11.5 Å². The molecule has 0 aromatic heterocycles. The predicted octanol–water partition coefficient (Wildman–Crippen LogP) is 3.45. The van der Waals surface area contributed by atoms with Gasteiger partial charge in [-0.1, -0.05) is 16.8 Å². The van der Waals surface area contributed by atoms with Crippen LogP contribution >= 0.6 is 11.6 Å². The van der Waals surface area contributed by atoms with Gasteiger partial charge in [-0.3, -0.25) is 9.59 Å². The second-order valence-corrected chi connectivity index (χ2v) is 9.56. The van der Waals surface area contributed by atoms with E-state index in [1.165, 1.54) is 12.1 Å². The fourth-order valence-corrected chi connectivity index (χ4v) is 3.92. The van der Waals surface area contributed by atoms with Gasteiger partial charge in [0.15, 0.2) is 23.9 Å². The van der Waals surface area contributed by atoms with Crippen LogP contribution in [0.3, 0.4) is 0 Å². The number of ether oxygens (including phenoxy) is 2. The van der Waals surface area contributed by atoms with Gasteiger partial charge in [0, 0.05) is 45.8 Å². The average molecular weight is 599 g/mol. The zero-order chi connectivity index (χ0) is 30.8. The fraction of sp³-hybridized carbons (Fsp3) is 0.214. The molecule has 2 amide bonds. The van der Waals surface area contributed by atoms with E-state index < -0.39 is 24.4 Å². The Balaban J connectivity index is 1.94. The van der Waals surface area contributed by atoms with Gasteiger partial charge in [-0.05, 0) is 62.4 Å². The third-order valence-corrected chi connectivity index (χ3v) is 5.78. The van der Waals surface area contributed by atoms with Crippen LogP contribution in [0.4, 0.5) is 17.1 Å². The lowest BCUT2D eigenvalue weighted by molar-refractivity contribution is -0.139. The molecule has 3 rings (SSSR count). The number of halogens is 1. The number of amides is 2. The highest BCUT2D eigenvalue weighted by molar-refractivity contribution is 6.31. The number of rotatable bonds is 13. The van der Waals surface area contributed by atoms with Gasteiger partial charge in [-0.2, -0.15) is 0 Å². The number of carbonyl (C=O) groups excluding carboxylic acids is 2. The number of carboxylic acids is 1. The van der Waals surface area contributed by atoms with Gasteiger partial charge in [-0.15, -0.1) is 0 Å². The predicted molar refractivity (Wildman–Crippen MR) is 159 cm³/mol. The summed E-state index contributed by atoms with van der Waals surface area (Å²) in [6, 6.07) is 14.1. The highest BCUT2D eigenvalue weighted by Gasteiger charge is 2.19. The number of anilines is 3. The first-order valence-electron chi connectivity index (χ1n) is 12.6. The largest absolute Gasteiger partial charge is 0.487 e. The minimum Gasteiger partial charge on any atom is -0.487 e. The van der Waals surface area contributed by atoms with E-state index in [-0.39, 0.29) is 42.1 Å². The van der Waals surface area contributed by atoms with Crippen molar-refractivity contribution in [3.05, 3.63) is 76.3 Å². The first-order chi connectivity index (χ1) is 20.0. The third kappa shape index (κ3) is 8.74. The molecule has 0 saturated carbocycles. The number of carbonyl (C=O) groups is 3. The zero-order valence-electron chi connectivity index (χ0n) is 22.8. The summed E-state index contributed by atoms with van der Waals surface area (Å²) >= 11 is 6.20. The lowest BCUT2D eigenvalue weighted by Gasteiger charge is -2.20. The number of carboxylic acid groups (broad SMARTS) is 1. The van der Waals surface area contributed by atoms with Crippen molar-refractivity contribution in [2.75, 3.05) is 29.1 Å². The maximum atomic E-state index is 13.2. The van der Waals surface area contributed by atoms with E-state index in [1.807, 2.05) is 0 Å². The molecule has 0 aliphatic heterocycles. The molecule has 0 fully saturated rings. The van der Waals surface area contributed by atoms with Crippen LogP contribution in [0.25, 0.3) is 0 Å². The van der Waals surface area contributed by atoms with E-state index in [0.29, 0.717) is 33.2 Å². The number of hydrogen-bond donors (Lipinski definition) is 7. The fourth-order valence-electron chi connectivity index (χ4n) is 3.74. The van der Waals surface area contributed by atoms with Crippen molar-refractivity contribution >= 4 is 52.3 Å². The molecule has 0 spiro atoms. The van der Waals surface area contributed by atoms with Crippen LogP contribution in [-0.4, -0.2) is 53.2 Å². The van der Waals surface area contributed by atoms with E-state index in [2.05, 4.69) is 21.1 Å². The first kappa shape index (κ1) is 31.5. The summed E-state index contributed by atoms with van der Waals surface area (Å²) in [6.45, 7) is 2.71. The number of nitrogens with two attached hydrogens (primary N) is 2. The number of nitrogens with zero attached hydrogens (tertiary/aromatic N) is 1. The quantitative estimate of drug-likeness (QED) is 0.0659. The van der Waals surface area contributed by atoms with E-state index in [0.717, 1.165) is 0 Å². The average Bonchev–Trinajstić information content (AvgIpc) is 2.95. The molecule has 14 heteroatoms. The summed E-state index contributed by atoms with van der Waals surface area (Å²) in [4.78, 5) is 36.5. The molecule has 13 nitrogen and oxygen atoms in total. The van der Waals surface area contributed by atoms with Gasteiger partial charge in [0.2, 0.25) is 5.91 Å². The minimum absolute atomic E-state index is 0.0339. The molecule has 0 aliphatic rings. The molecule has 0 radical (unpaired) electrons. The molecule has 0 aliphatic carbocycles. The van der Waals surface area contributed by atoms with Crippen LogP contribution in [0.15, 0.2) is 59.8 Å². The lowest BCUT2D eigenvalue weighted by Crippen LogP contribution is -2.22. The summed E-state index contributed by atoms with van der Waals surface area (Å²) in [5.74, 6) is -1.83. The van der Waals surface area contributed by atoms with Gasteiger partial charge < -0.3 is 47.2 Å². The molecular weight excluding hydrogens is 568 g/mol. The summed E-state index contributed by atoms with van der Waals surface area (Å²) in [5, 5.41) is 29.9. The SMILES string of the molecule is CC(C)Oc1cc(NC(=O)CN)cc(CNc2ccc(Cl)cc2C(=O)Nc2ccc(/C(N)=N/O)cc2)c1OCC(=O)O. The van der Waals surface area contributed by atoms with Crippen LogP contribution in [0, 0.1) is 0 Å². The van der Waals surface area contributed by atoms with Crippen molar-refractivity contribution < 1.29 is 34.2 Å². The molecular formula is C28H31ClN6O7. The van der Waals surface area contributed by atoms with Crippen molar-refractivity contribution in [2.24, 2.45) is 16.6 Å². The second-order valence-electron chi connectivity index (χ2n) is 9.12. The molecule has 42 heavy (non-hydrogen) atoms. The Kier molecular flexibility index (Phi) is 10.9. The lowest BCUT2D eigenvalue weighted by atomic mass is 10.1. The zero-order valence-corrected chi connectivity index (χ0v) is 23.6. The standard InChI is InChI=1S/C28H31ClN6O7/c1-15(2)42-23-11-20(33-24(36)12-30)9-17(26(23)41-14-25(37)38)13-32-22-8-5-18(29)10-21(22)28(39)34-19-6-3-16(4-7-19)27(31)35-40/h3-11,15,32,40H,12-14,30H2,1-2H3,(H2,31,35)(H,33,36)(H,34,39)(H,37,38). The number of aliphatic carboxylic acids is 1. The van der Waals surface area contributed by atoms with Gasteiger partial charge in [0.1, 0.15) is 0 Å². The molecule has 222 valence electrons. The highest BCUT2D eigenvalue weighted by Crippen LogP contribution is 2.37. The van der Waals surface area contributed by atoms with E-state index >= 15 is 0 Å². The van der Waals surface area contributed by atoms with Crippen molar-refractivity contribution in [2.45, 2.75) is 26.5 Å². The summed E-state index contributed by atoms with van der Waals surface area (Å²) in [5.41, 5.74) is 13.3.